The number of rotatable bonds is 8. The molecule has 0 saturated carbocycles. The van der Waals surface area contributed by atoms with Gasteiger partial charge in [-0.3, -0.25) is 4.90 Å². The Bertz CT molecular complexity index is 1150. The van der Waals surface area contributed by atoms with Gasteiger partial charge >= 0.3 is 0 Å². The van der Waals surface area contributed by atoms with Gasteiger partial charge in [0.2, 0.25) is 0 Å². The molecule has 2 aliphatic heterocycles. The third-order valence-electron chi connectivity index (χ3n) is 7.91. The Labute approximate surface area is 222 Å². The third kappa shape index (κ3) is 6.56. The van der Waals surface area contributed by atoms with Gasteiger partial charge in [-0.2, -0.15) is 0 Å². The van der Waals surface area contributed by atoms with Gasteiger partial charge in [-0.25, -0.2) is 9.97 Å². The first kappa shape index (κ1) is 25.8. The van der Waals surface area contributed by atoms with Crippen LogP contribution in [0.3, 0.4) is 0 Å². The maximum Gasteiger partial charge on any atom is 0.161 e. The predicted octanol–water partition coefficient (Wildman–Crippen LogP) is 4.32. The molecule has 1 aromatic heterocycles. The number of piperidine rings is 1. The Morgan fingerprint density at radius 1 is 0.757 bits per heavy atom. The maximum absolute atomic E-state index is 10.8. The lowest BCUT2D eigenvalue weighted by Crippen LogP contribution is -2.50. The van der Waals surface area contributed by atoms with E-state index in [4.69, 9.17) is 9.97 Å². The maximum atomic E-state index is 10.8. The highest BCUT2D eigenvalue weighted by Gasteiger charge is 2.25. The van der Waals surface area contributed by atoms with Crippen molar-refractivity contribution in [2.45, 2.75) is 45.6 Å². The van der Waals surface area contributed by atoms with Crippen molar-refractivity contribution in [3.8, 4) is 11.4 Å². The standard InChI is InChI=1S/C31H41N5O/c1-24-11-7-8-14-27(24)21-29-25(2)32-30(26-12-5-3-6-13-26)33-31(29)36-19-17-35(18-20-36)23-28(37)22-34-15-9-4-10-16-34/h3,5-8,11-14,28,37H,4,9-10,15-23H2,1-2H3. The minimum atomic E-state index is -0.285. The number of likely N-dealkylation sites (tertiary alicyclic amines) is 1. The van der Waals surface area contributed by atoms with Gasteiger partial charge in [0.05, 0.1) is 6.10 Å². The first-order chi connectivity index (χ1) is 18.1. The van der Waals surface area contributed by atoms with E-state index in [9.17, 15) is 5.11 Å². The SMILES string of the molecule is Cc1ccccc1Cc1c(C)nc(-c2ccccc2)nc1N1CCN(CC(O)CN2CCCCC2)CC1. The number of anilines is 1. The van der Waals surface area contributed by atoms with E-state index in [0.717, 1.165) is 81.7 Å². The summed E-state index contributed by atoms with van der Waals surface area (Å²) in [6.45, 7) is 11.8. The molecule has 3 aromatic rings. The van der Waals surface area contributed by atoms with Gasteiger partial charge in [0, 0.05) is 62.5 Å². The molecule has 2 aromatic carbocycles. The zero-order valence-electron chi connectivity index (χ0n) is 22.4. The van der Waals surface area contributed by atoms with Crippen LogP contribution < -0.4 is 4.90 Å². The van der Waals surface area contributed by atoms with Gasteiger partial charge in [-0.1, -0.05) is 61.0 Å². The molecule has 37 heavy (non-hydrogen) atoms. The Morgan fingerprint density at radius 2 is 1.41 bits per heavy atom. The van der Waals surface area contributed by atoms with Crippen LogP contribution in [0.25, 0.3) is 11.4 Å². The zero-order chi connectivity index (χ0) is 25.6. The number of nitrogens with zero attached hydrogens (tertiary/aromatic N) is 5. The van der Waals surface area contributed by atoms with Gasteiger partial charge in [-0.15, -0.1) is 0 Å². The molecule has 196 valence electrons. The van der Waals surface area contributed by atoms with E-state index in [2.05, 4.69) is 64.9 Å². The van der Waals surface area contributed by atoms with E-state index >= 15 is 0 Å². The number of aliphatic hydroxyl groups excluding tert-OH is 1. The first-order valence-electron chi connectivity index (χ1n) is 13.9. The Kier molecular flexibility index (Phi) is 8.49. The zero-order valence-corrected chi connectivity index (χ0v) is 22.4. The molecule has 0 amide bonds. The van der Waals surface area contributed by atoms with Crippen molar-refractivity contribution in [1.29, 1.82) is 0 Å². The van der Waals surface area contributed by atoms with E-state index < -0.39 is 0 Å². The van der Waals surface area contributed by atoms with E-state index in [0.29, 0.717) is 0 Å². The molecule has 2 saturated heterocycles. The normalized spacial score (nSPS) is 18.2. The van der Waals surface area contributed by atoms with Gasteiger partial charge in [-0.05, 0) is 50.9 Å². The van der Waals surface area contributed by atoms with Gasteiger partial charge in [0.1, 0.15) is 5.82 Å². The Morgan fingerprint density at radius 3 is 2.11 bits per heavy atom. The van der Waals surface area contributed by atoms with Crippen LogP contribution in [0, 0.1) is 13.8 Å². The van der Waals surface area contributed by atoms with Crippen LogP contribution in [-0.4, -0.2) is 83.3 Å². The average molecular weight is 500 g/mol. The lowest BCUT2D eigenvalue weighted by Gasteiger charge is -2.38. The van der Waals surface area contributed by atoms with Crippen LogP contribution >= 0.6 is 0 Å². The fourth-order valence-electron chi connectivity index (χ4n) is 5.70. The monoisotopic (exact) mass is 499 g/mol. The smallest absolute Gasteiger partial charge is 0.161 e. The summed E-state index contributed by atoms with van der Waals surface area (Å²) in [5.74, 6) is 1.85. The largest absolute Gasteiger partial charge is 0.390 e. The average Bonchev–Trinajstić information content (AvgIpc) is 2.92. The molecule has 1 unspecified atom stereocenters. The summed E-state index contributed by atoms with van der Waals surface area (Å²) in [6, 6.07) is 18.9. The fraction of sp³-hybridized carbons (Fsp3) is 0.484. The molecule has 0 radical (unpaired) electrons. The molecule has 1 N–H and O–H groups in total. The number of aryl methyl sites for hydroxylation is 2. The molecule has 6 nitrogen and oxygen atoms in total. The first-order valence-corrected chi connectivity index (χ1v) is 13.9. The highest BCUT2D eigenvalue weighted by molar-refractivity contribution is 5.61. The van der Waals surface area contributed by atoms with Crippen LogP contribution in [0.5, 0.6) is 0 Å². The number of hydrogen-bond donors (Lipinski definition) is 1. The number of β-amino-alcohol motifs (C(OH)–C–C–N with tert-alkyl or cyclic N) is 1. The third-order valence-corrected chi connectivity index (χ3v) is 7.91. The minimum Gasteiger partial charge on any atom is -0.390 e. The lowest BCUT2D eigenvalue weighted by atomic mass is 9.99. The highest BCUT2D eigenvalue weighted by atomic mass is 16.3. The van der Waals surface area contributed by atoms with Crippen molar-refractivity contribution in [3.05, 3.63) is 77.0 Å². The summed E-state index contributed by atoms with van der Waals surface area (Å²) >= 11 is 0. The topological polar surface area (TPSA) is 55.7 Å². The van der Waals surface area contributed by atoms with Crippen molar-refractivity contribution in [2.75, 3.05) is 57.3 Å². The van der Waals surface area contributed by atoms with Crippen molar-refractivity contribution in [1.82, 2.24) is 19.8 Å². The Balaban J connectivity index is 1.32. The molecule has 0 bridgehead atoms. The second-order valence-electron chi connectivity index (χ2n) is 10.7. The summed E-state index contributed by atoms with van der Waals surface area (Å²) in [7, 11) is 0. The second-order valence-corrected chi connectivity index (χ2v) is 10.7. The molecule has 6 heteroatoms. The molecule has 2 fully saturated rings. The molecular weight excluding hydrogens is 458 g/mol. The molecule has 2 aliphatic rings. The molecule has 0 spiro atoms. The van der Waals surface area contributed by atoms with Crippen LogP contribution in [0.2, 0.25) is 0 Å². The molecule has 5 rings (SSSR count). The number of piperazine rings is 1. The quantitative estimate of drug-likeness (QED) is 0.498. The van der Waals surface area contributed by atoms with Crippen LogP contribution in [0.4, 0.5) is 5.82 Å². The minimum absolute atomic E-state index is 0.285. The van der Waals surface area contributed by atoms with Gasteiger partial charge in [0.25, 0.3) is 0 Å². The molecule has 0 aliphatic carbocycles. The lowest BCUT2D eigenvalue weighted by molar-refractivity contribution is 0.0651. The summed E-state index contributed by atoms with van der Waals surface area (Å²) in [5.41, 5.74) is 5.93. The summed E-state index contributed by atoms with van der Waals surface area (Å²) in [5, 5.41) is 10.8. The van der Waals surface area contributed by atoms with E-state index in [-0.39, 0.29) is 6.10 Å². The molecule has 3 heterocycles. The van der Waals surface area contributed by atoms with Crippen molar-refractivity contribution in [3.63, 3.8) is 0 Å². The summed E-state index contributed by atoms with van der Waals surface area (Å²) < 4.78 is 0. The van der Waals surface area contributed by atoms with E-state index in [1.54, 1.807) is 0 Å². The van der Waals surface area contributed by atoms with Crippen molar-refractivity contribution in [2.24, 2.45) is 0 Å². The van der Waals surface area contributed by atoms with Crippen LogP contribution in [0.1, 0.15) is 41.6 Å². The Hall–Kier alpha value is -2.80. The molecular formula is C31H41N5O. The highest BCUT2D eigenvalue weighted by Crippen LogP contribution is 2.29. The summed E-state index contributed by atoms with van der Waals surface area (Å²) in [4.78, 5) is 17.4. The predicted molar refractivity (Wildman–Crippen MR) is 151 cm³/mol. The summed E-state index contributed by atoms with van der Waals surface area (Å²) in [6.07, 6.45) is 4.40. The van der Waals surface area contributed by atoms with Crippen LogP contribution in [0.15, 0.2) is 54.6 Å². The van der Waals surface area contributed by atoms with E-state index in [1.165, 1.54) is 36.0 Å². The van der Waals surface area contributed by atoms with Crippen LogP contribution in [-0.2, 0) is 6.42 Å². The number of aliphatic hydroxyl groups is 1. The van der Waals surface area contributed by atoms with Gasteiger partial charge < -0.3 is 14.9 Å². The number of hydrogen-bond acceptors (Lipinski definition) is 6. The van der Waals surface area contributed by atoms with E-state index in [1.807, 2.05) is 18.2 Å². The van der Waals surface area contributed by atoms with Gasteiger partial charge in [0.15, 0.2) is 5.82 Å². The second kappa shape index (κ2) is 12.2. The number of benzene rings is 2. The van der Waals surface area contributed by atoms with Crippen molar-refractivity contribution >= 4 is 5.82 Å². The number of aromatic nitrogens is 2. The fourth-order valence-corrected chi connectivity index (χ4v) is 5.70. The molecule has 1 atom stereocenters. The van der Waals surface area contributed by atoms with Crippen molar-refractivity contribution < 1.29 is 5.11 Å².